The third-order valence-electron chi connectivity index (χ3n) is 2.25. The maximum absolute atomic E-state index is 11.7. The largest absolute Gasteiger partial charge is 0.481 e. The average molecular weight is 331 g/mol. The van der Waals surface area contributed by atoms with Crippen molar-refractivity contribution in [3.05, 3.63) is 38.3 Å². The van der Waals surface area contributed by atoms with Crippen LogP contribution in [0.3, 0.4) is 0 Å². The van der Waals surface area contributed by atoms with Gasteiger partial charge in [0, 0.05) is 23.5 Å². The molecule has 102 valence electrons. The van der Waals surface area contributed by atoms with Gasteiger partial charge in [-0.05, 0) is 18.6 Å². The zero-order valence-electron chi connectivity index (χ0n) is 9.76. The number of halogens is 1. The molecule has 7 nitrogen and oxygen atoms in total. The molecule has 2 N–H and O–H groups in total. The van der Waals surface area contributed by atoms with Crippen LogP contribution in [0.5, 0.6) is 0 Å². The predicted molar refractivity (Wildman–Crippen MR) is 70.0 cm³/mol. The van der Waals surface area contributed by atoms with Crippen LogP contribution in [0, 0.1) is 10.1 Å². The first-order valence-corrected chi connectivity index (χ1v) is 6.15. The Bertz CT molecular complexity index is 518. The number of hydrogen-bond donors (Lipinski definition) is 2. The van der Waals surface area contributed by atoms with E-state index < -0.39 is 16.8 Å². The highest BCUT2D eigenvalue weighted by atomic mass is 79.9. The Morgan fingerprint density at radius 1 is 1.42 bits per heavy atom. The summed E-state index contributed by atoms with van der Waals surface area (Å²) in [5, 5.41) is 21.7. The predicted octanol–water partition coefficient (Wildman–Crippen LogP) is 1.95. The zero-order chi connectivity index (χ0) is 14.4. The number of amides is 1. The topological polar surface area (TPSA) is 110 Å². The minimum Gasteiger partial charge on any atom is -0.481 e. The fourth-order valence-electron chi connectivity index (χ4n) is 1.38. The van der Waals surface area contributed by atoms with E-state index in [4.69, 9.17) is 5.11 Å². The number of hydrogen-bond acceptors (Lipinski definition) is 4. The Labute approximate surface area is 116 Å². The van der Waals surface area contributed by atoms with Crippen molar-refractivity contribution in [2.45, 2.75) is 12.8 Å². The molecule has 0 aromatic heterocycles. The van der Waals surface area contributed by atoms with Crippen molar-refractivity contribution in [1.29, 1.82) is 0 Å². The number of carbonyl (C=O) groups is 2. The summed E-state index contributed by atoms with van der Waals surface area (Å²) in [6.45, 7) is 0.151. The SMILES string of the molecule is O=C(O)CCCNC(=O)c1ccc(Br)cc1[N+](=O)[O-]. The molecule has 0 aliphatic carbocycles. The van der Waals surface area contributed by atoms with Crippen LogP contribution in [0.2, 0.25) is 0 Å². The van der Waals surface area contributed by atoms with Crippen LogP contribution in [0.4, 0.5) is 5.69 Å². The van der Waals surface area contributed by atoms with Crippen LogP contribution in [0.15, 0.2) is 22.7 Å². The Kier molecular flexibility index (Phi) is 5.43. The van der Waals surface area contributed by atoms with Crippen LogP contribution >= 0.6 is 15.9 Å². The fourth-order valence-corrected chi connectivity index (χ4v) is 1.73. The molecule has 1 rings (SSSR count). The molecule has 0 radical (unpaired) electrons. The average Bonchev–Trinajstić information content (AvgIpc) is 2.33. The molecule has 8 heteroatoms. The minimum atomic E-state index is -0.955. The number of nitro benzene ring substituents is 1. The molecular weight excluding hydrogens is 320 g/mol. The lowest BCUT2D eigenvalue weighted by atomic mass is 10.1. The number of carboxylic acids is 1. The van der Waals surface area contributed by atoms with Gasteiger partial charge < -0.3 is 10.4 Å². The van der Waals surface area contributed by atoms with Gasteiger partial charge in [0.2, 0.25) is 0 Å². The summed E-state index contributed by atoms with van der Waals surface area (Å²) in [5.41, 5.74) is -0.353. The van der Waals surface area contributed by atoms with E-state index in [0.717, 1.165) is 0 Å². The van der Waals surface area contributed by atoms with Crippen molar-refractivity contribution in [3.8, 4) is 0 Å². The molecule has 0 unspecified atom stereocenters. The highest BCUT2D eigenvalue weighted by Gasteiger charge is 2.19. The summed E-state index contributed by atoms with van der Waals surface area (Å²) in [7, 11) is 0. The molecule has 19 heavy (non-hydrogen) atoms. The van der Waals surface area contributed by atoms with Gasteiger partial charge in [-0.2, -0.15) is 0 Å². The molecule has 1 amide bonds. The number of carbonyl (C=O) groups excluding carboxylic acids is 1. The maximum atomic E-state index is 11.7. The lowest BCUT2D eigenvalue weighted by Crippen LogP contribution is -2.25. The second kappa shape index (κ2) is 6.83. The Balaban J connectivity index is 2.71. The summed E-state index contributed by atoms with van der Waals surface area (Å²) in [4.78, 5) is 32.2. The molecule has 0 fully saturated rings. The molecule has 1 aromatic carbocycles. The smallest absolute Gasteiger partial charge is 0.303 e. The van der Waals surface area contributed by atoms with E-state index in [1.165, 1.54) is 18.2 Å². The van der Waals surface area contributed by atoms with Crippen LogP contribution < -0.4 is 5.32 Å². The number of nitro groups is 1. The lowest BCUT2D eigenvalue weighted by molar-refractivity contribution is -0.385. The van der Waals surface area contributed by atoms with Gasteiger partial charge in [0.25, 0.3) is 11.6 Å². The fraction of sp³-hybridized carbons (Fsp3) is 0.273. The minimum absolute atomic E-state index is 0.0523. The molecule has 0 aliphatic heterocycles. The third-order valence-corrected chi connectivity index (χ3v) is 2.75. The van der Waals surface area contributed by atoms with E-state index in [1.807, 2.05) is 0 Å². The number of aliphatic carboxylic acids is 1. The molecule has 0 spiro atoms. The van der Waals surface area contributed by atoms with Gasteiger partial charge in [0.15, 0.2) is 0 Å². The van der Waals surface area contributed by atoms with E-state index in [9.17, 15) is 19.7 Å². The normalized spacial score (nSPS) is 9.95. The molecule has 0 bridgehead atoms. The van der Waals surface area contributed by atoms with Gasteiger partial charge in [-0.15, -0.1) is 0 Å². The maximum Gasteiger partial charge on any atom is 0.303 e. The first-order valence-electron chi connectivity index (χ1n) is 5.35. The quantitative estimate of drug-likeness (QED) is 0.470. The molecule has 0 heterocycles. The number of nitrogens with zero attached hydrogens (tertiary/aromatic N) is 1. The lowest BCUT2D eigenvalue weighted by Gasteiger charge is -2.05. The Morgan fingerprint density at radius 3 is 2.68 bits per heavy atom. The van der Waals surface area contributed by atoms with Gasteiger partial charge in [0.1, 0.15) is 5.56 Å². The zero-order valence-corrected chi connectivity index (χ0v) is 11.3. The summed E-state index contributed by atoms with van der Waals surface area (Å²) in [6, 6.07) is 4.11. The molecule has 0 aliphatic rings. The van der Waals surface area contributed by atoms with Crippen molar-refractivity contribution < 1.29 is 19.6 Å². The van der Waals surface area contributed by atoms with Gasteiger partial charge in [-0.1, -0.05) is 15.9 Å². The van der Waals surface area contributed by atoms with Crippen LogP contribution in [-0.4, -0.2) is 28.5 Å². The van der Waals surface area contributed by atoms with Crippen molar-refractivity contribution in [2.75, 3.05) is 6.54 Å². The van der Waals surface area contributed by atoms with E-state index in [2.05, 4.69) is 21.2 Å². The standard InChI is InChI=1S/C11H11BrN2O5/c12-7-3-4-8(9(6-7)14(18)19)11(17)13-5-1-2-10(15)16/h3-4,6H,1-2,5H2,(H,13,17)(H,15,16). The summed E-state index contributed by atoms with van der Waals surface area (Å²) in [6.07, 6.45) is 0.202. The van der Waals surface area contributed by atoms with Gasteiger partial charge in [-0.25, -0.2) is 0 Å². The second-order valence-corrected chi connectivity index (χ2v) is 4.59. The van der Waals surface area contributed by atoms with Gasteiger partial charge in [0.05, 0.1) is 4.92 Å². The molecule has 0 atom stereocenters. The van der Waals surface area contributed by atoms with Crippen molar-refractivity contribution in [2.24, 2.45) is 0 Å². The summed E-state index contributed by atoms with van der Waals surface area (Å²) in [5.74, 6) is -1.55. The Morgan fingerprint density at radius 2 is 2.11 bits per heavy atom. The van der Waals surface area contributed by atoms with Crippen molar-refractivity contribution in [1.82, 2.24) is 5.32 Å². The van der Waals surface area contributed by atoms with Gasteiger partial charge >= 0.3 is 5.97 Å². The highest BCUT2D eigenvalue weighted by Crippen LogP contribution is 2.23. The summed E-state index contributed by atoms with van der Waals surface area (Å²) < 4.78 is 0.502. The molecular formula is C11H11BrN2O5. The van der Waals surface area contributed by atoms with Crippen molar-refractivity contribution in [3.63, 3.8) is 0 Å². The van der Waals surface area contributed by atoms with E-state index in [1.54, 1.807) is 0 Å². The van der Waals surface area contributed by atoms with E-state index in [-0.39, 0.29) is 30.6 Å². The number of benzene rings is 1. The first kappa shape index (κ1) is 15.1. The number of nitrogens with one attached hydrogen (secondary N) is 1. The number of rotatable bonds is 6. The molecule has 1 aromatic rings. The van der Waals surface area contributed by atoms with E-state index in [0.29, 0.717) is 4.47 Å². The van der Waals surface area contributed by atoms with Crippen molar-refractivity contribution >= 4 is 33.5 Å². The number of carboxylic acid groups (broad SMARTS) is 1. The molecule has 0 saturated carbocycles. The first-order chi connectivity index (χ1) is 8.91. The Hall–Kier alpha value is -1.96. The van der Waals surface area contributed by atoms with Gasteiger partial charge in [-0.3, -0.25) is 19.7 Å². The summed E-state index contributed by atoms with van der Waals surface area (Å²) >= 11 is 3.09. The van der Waals surface area contributed by atoms with Crippen LogP contribution in [-0.2, 0) is 4.79 Å². The van der Waals surface area contributed by atoms with Crippen LogP contribution in [0.25, 0.3) is 0 Å². The highest BCUT2D eigenvalue weighted by molar-refractivity contribution is 9.10. The third kappa shape index (κ3) is 4.66. The van der Waals surface area contributed by atoms with E-state index >= 15 is 0 Å². The monoisotopic (exact) mass is 330 g/mol. The second-order valence-electron chi connectivity index (χ2n) is 3.67. The van der Waals surface area contributed by atoms with Crippen LogP contribution in [0.1, 0.15) is 23.2 Å². The molecule has 0 saturated heterocycles.